The SMILES string of the molecule is Cc1cc(CNC(=O)[C@H]2CCCN2S(C)(=O)=O)c2[nH]c(C)c(C)c2c1. The Hall–Kier alpha value is -1.86. The zero-order valence-electron chi connectivity index (χ0n) is 15.1. The van der Waals surface area contributed by atoms with Crippen molar-refractivity contribution in [1.29, 1.82) is 0 Å². The Morgan fingerprint density at radius 1 is 1.32 bits per heavy atom. The quantitative estimate of drug-likeness (QED) is 0.873. The lowest BCUT2D eigenvalue weighted by atomic mass is 10.0. The maximum atomic E-state index is 12.5. The number of fused-ring (bicyclic) bond motifs is 1. The summed E-state index contributed by atoms with van der Waals surface area (Å²) in [5.41, 5.74) is 5.52. The second kappa shape index (κ2) is 6.46. The number of carbonyl (C=O) groups is 1. The van der Waals surface area contributed by atoms with Crippen molar-refractivity contribution in [1.82, 2.24) is 14.6 Å². The van der Waals surface area contributed by atoms with Gasteiger partial charge in [0, 0.05) is 24.2 Å². The van der Waals surface area contributed by atoms with Crippen molar-refractivity contribution in [3.63, 3.8) is 0 Å². The van der Waals surface area contributed by atoms with Gasteiger partial charge < -0.3 is 10.3 Å². The first-order valence-corrected chi connectivity index (χ1v) is 10.4. The largest absolute Gasteiger partial charge is 0.358 e. The highest BCUT2D eigenvalue weighted by molar-refractivity contribution is 7.88. The first-order valence-electron chi connectivity index (χ1n) is 8.51. The van der Waals surface area contributed by atoms with Crippen LogP contribution in [-0.4, -0.2) is 42.5 Å². The number of nitrogens with zero attached hydrogens (tertiary/aromatic N) is 1. The Labute approximate surface area is 148 Å². The number of hydrogen-bond donors (Lipinski definition) is 2. The van der Waals surface area contributed by atoms with Gasteiger partial charge in [0.15, 0.2) is 0 Å². The van der Waals surface area contributed by atoms with Crippen LogP contribution >= 0.6 is 0 Å². The normalized spacial score (nSPS) is 18.8. The van der Waals surface area contributed by atoms with E-state index >= 15 is 0 Å². The van der Waals surface area contributed by atoms with Crippen molar-refractivity contribution in [2.24, 2.45) is 0 Å². The van der Waals surface area contributed by atoms with Crippen LogP contribution in [0.1, 0.15) is 35.2 Å². The molecule has 0 bridgehead atoms. The minimum absolute atomic E-state index is 0.224. The molecule has 1 aliphatic heterocycles. The molecule has 0 unspecified atom stereocenters. The summed E-state index contributed by atoms with van der Waals surface area (Å²) in [5, 5.41) is 4.09. The van der Waals surface area contributed by atoms with Crippen LogP contribution in [0.25, 0.3) is 10.9 Å². The smallest absolute Gasteiger partial charge is 0.238 e. The van der Waals surface area contributed by atoms with E-state index < -0.39 is 16.1 Å². The van der Waals surface area contributed by atoms with E-state index in [1.807, 2.05) is 13.8 Å². The van der Waals surface area contributed by atoms with Gasteiger partial charge in [0.1, 0.15) is 6.04 Å². The van der Waals surface area contributed by atoms with Crippen LogP contribution in [0.3, 0.4) is 0 Å². The molecule has 1 aliphatic rings. The molecule has 1 saturated heterocycles. The second-order valence-electron chi connectivity index (χ2n) is 6.97. The molecule has 1 aromatic carbocycles. The Morgan fingerprint density at radius 3 is 2.72 bits per heavy atom. The molecule has 2 aromatic rings. The number of sulfonamides is 1. The van der Waals surface area contributed by atoms with Gasteiger partial charge in [-0.25, -0.2) is 8.42 Å². The van der Waals surface area contributed by atoms with Gasteiger partial charge in [0.05, 0.1) is 11.8 Å². The lowest BCUT2D eigenvalue weighted by Gasteiger charge is -2.21. The van der Waals surface area contributed by atoms with Crippen molar-refractivity contribution < 1.29 is 13.2 Å². The van der Waals surface area contributed by atoms with Crippen LogP contribution < -0.4 is 5.32 Å². The van der Waals surface area contributed by atoms with E-state index in [9.17, 15) is 13.2 Å². The van der Waals surface area contributed by atoms with Crippen LogP contribution in [0.2, 0.25) is 0 Å². The van der Waals surface area contributed by atoms with E-state index in [1.54, 1.807) is 0 Å². The Kier molecular flexibility index (Phi) is 4.64. The van der Waals surface area contributed by atoms with Crippen LogP contribution in [0.4, 0.5) is 0 Å². The number of H-pyrrole nitrogens is 1. The molecule has 2 N–H and O–H groups in total. The van der Waals surface area contributed by atoms with Gasteiger partial charge in [-0.3, -0.25) is 4.79 Å². The fourth-order valence-corrected chi connectivity index (χ4v) is 4.75. The molecule has 6 nitrogen and oxygen atoms in total. The van der Waals surface area contributed by atoms with Gasteiger partial charge in [-0.1, -0.05) is 11.6 Å². The molecule has 2 heterocycles. The number of benzene rings is 1. The molecule has 136 valence electrons. The Morgan fingerprint density at radius 2 is 2.04 bits per heavy atom. The summed E-state index contributed by atoms with van der Waals surface area (Å²) in [6, 6.07) is 3.60. The predicted octanol–water partition coefficient (Wildman–Crippen LogP) is 2.13. The van der Waals surface area contributed by atoms with Gasteiger partial charge in [-0.05, 0) is 50.8 Å². The van der Waals surface area contributed by atoms with E-state index in [1.165, 1.54) is 15.3 Å². The molecular weight excluding hydrogens is 338 g/mol. The van der Waals surface area contributed by atoms with Gasteiger partial charge >= 0.3 is 0 Å². The molecule has 1 aromatic heterocycles. The second-order valence-corrected chi connectivity index (χ2v) is 8.91. The first kappa shape index (κ1) is 17.9. The number of carbonyl (C=O) groups excluding carboxylic acids is 1. The zero-order valence-corrected chi connectivity index (χ0v) is 16.0. The van der Waals surface area contributed by atoms with Gasteiger partial charge in [-0.15, -0.1) is 0 Å². The number of rotatable bonds is 4. The zero-order chi connectivity index (χ0) is 18.4. The van der Waals surface area contributed by atoms with E-state index in [4.69, 9.17) is 0 Å². The molecular formula is C18H25N3O3S. The van der Waals surface area contributed by atoms with E-state index in [0.29, 0.717) is 19.5 Å². The number of aryl methyl sites for hydroxylation is 3. The Bertz CT molecular complexity index is 931. The van der Waals surface area contributed by atoms with Crippen LogP contribution in [0.5, 0.6) is 0 Å². The summed E-state index contributed by atoms with van der Waals surface area (Å²) in [6.07, 6.45) is 2.45. The standard InChI is InChI=1S/C18H25N3O3S/c1-11-8-14(17-15(9-11)12(2)13(3)20-17)10-19-18(22)16-6-5-7-21(16)25(4,23)24/h8-9,16,20H,5-7,10H2,1-4H3,(H,19,22)/t16-/m1/s1. The third kappa shape index (κ3) is 3.43. The average molecular weight is 363 g/mol. The summed E-state index contributed by atoms with van der Waals surface area (Å²) in [6.45, 7) is 6.95. The van der Waals surface area contributed by atoms with Crippen LogP contribution in [0, 0.1) is 20.8 Å². The van der Waals surface area contributed by atoms with Gasteiger partial charge in [0.2, 0.25) is 15.9 Å². The summed E-state index contributed by atoms with van der Waals surface area (Å²) in [4.78, 5) is 15.9. The molecule has 1 fully saturated rings. The summed E-state index contributed by atoms with van der Waals surface area (Å²) in [7, 11) is -3.36. The molecule has 1 amide bonds. The topological polar surface area (TPSA) is 82.3 Å². The van der Waals surface area contributed by atoms with Gasteiger partial charge in [0.25, 0.3) is 0 Å². The van der Waals surface area contributed by atoms with Gasteiger partial charge in [-0.2, -0.15) is 4.31 Å². The van der Waals surface area contributed by atoms with Crippen molar-refractivity contribution in [2.75, 3.05) is 12.8 Å². The van der Waals surface area contributed by atoms with Crippen LogP contribution in [0.15, 0.2) is 12.1 Å². The fraction of sp³-hybridized carbons (Fsp3) is 0.500. The third-order valence-corrected chi connectivity index (χ3v) is 6.32. The molecule has 25 heavy (non-hydrogen) atoms. The third-order valence-electron chi connectivity index (χ3n) is 5.03. The number of aromatic nitrogens is 1. The molecule has 0 radical (unpaired) electrons. The summed E-state index contributed by atoms with van der Waals surface area (Å²) < 4.78 is 24.9. The number of hydrogen-bond acceptors (Lipinski definition) is 3. The molecule has 0 saturated carbocycles. The first-order chi connectivity index (χ1) is 11.7. The van der Waals surface area contributed by atoms with Crippen molar-refractivity contribution >= 4 is 26.8 Å². The highest BCUT2D eigenvalue weighted by Gasteiger charge is 2.36. The van der Waals surface area contributed by atoms with Crippen LogP contribution in [-0.2, 0) is 21.4 Å². The van der Waals surface area contributed by atoms with E-state index in [0.717, 1.165) is 35.0 Å². The maximum Gasteiger partial charge on any atom is 0.238 e. The van der Waals surface area contributed by atoms with Crippen molar-refractivity contribution in [3.05, 3.63) is 34.5 Å². The van der Waals surface area contributed by atoms with E-state index in [2.05, 4.69) is 29.4 Å². The monoisotopic (exact) mass is 363 g/mol. The molecule has 1 atom stereocenters. The molecule has 7 heteroatoms. The number of aromatic amines is 1. The Balaban J connectivity index is 1.81. The summed E-state index contributed by atoms with van der Waals surface area (Å²) >= 11 is 0. The highest BCUT2D eigenvalue weighted by Crippen LogP contribution is 2.26. The predicted molar refractivity (Wildman–Crippen MR) is 98.9 cm³/mol. The van der Waals surface area contributed by atoms with Crippen molar-refractivity contribution in [3.8, 4) is 0 Å². The van der Waals surface area contributed by atoms with Crippen molar-refractivity contribution in [2.45, 2.75) is 46.2 Å². The molecule has 3 rings (SSSR count). The molecule has 0 aliphatic carbocycles. The van der Waals surface area contributed by atoms with E-state index in [-0.39, 0.29) is 5.91 Å². The maximum absolute atomic E-state index is 12.5. The molecule has 0 spiro atoms. The minimum atomic E-state index is -3.36. The lowest BCUT2D eigenvalue weighted by molar-refractivity contribution is -0.124. The fourth-order valence-electron chi connectivity index (χ4n) is 3.63. The minimum Gasteiger partial charge on any atom is -0.358 e. The number of amides is 1. The highest BCUT2D eigenvalue weighted by atomic mass is 32.2. The lowest BCUT2D eigenvalue weighted by Crippen LogP contribution is -2.45. The summed E-state index contributed by atoms with van der Waals surface area (Å²) in [5.74, 6) is -0.224. The average Bonchev–Trinajstić information content (AvgIpc) is 3.12. The number of nitrogens with one attached hydrogen (secondary N) is 2.